The summed E-state index contributed by atoms with van der Waals surface area (Å²) in [5.41, 5.74) is 8.16. The SMILES string of the molecule is CC(C)(C)c1ccc(-c2[c-]cnc3c4c(sc23)CCCC4)nc1.[Ir].[c-]1ccccc1-c1ccccn1. The number of aromatic nitrogens is 3. The second kappa shape index (κ2) is 11.6. The molecule has 36 heavy (non-hydrogen) atoms. The summed E-state index contributed by atoms with van der Waals surface area (Å²) in [6.07, 6.45) is 10.6. The van der Waals surface area contributed by atoms with Crippen LogP contribution in [0.25, 0.3) is 32.7 Å². The molecule has 0 spiro atoms. The molecular weight excluding hydrogens is 639 g/mol. The Labute approximate surface area is 231 Å². The number of hydrogen-bond acceptors (Lipinski definition) is 4. The average Bonchev–Trinajstić information content (AvgIpc) is 3.29. The molecule has 0 amide bonds. The monoisotopic (exact) mass is 668 g/mol. The Bertz CT molecular complexity index is 1370. The van der Waals surface area contributed by atoms with Crippen LogP contribution in [-0.4, -0.2) is 15.0 Å². The van der Waals surface area contributed by atoms with E-state index in [0.717, 1.165) is 22.5 Å². The molecular formula is C31H29IrN3S-2. The van der Waals surface area contributed by atoms with Crippen molar-refractivity contribution < 1.29 is 20.1 Å². The molecule has 1 radical (unpaired) electrons. The molecule has 0 saturated carbocycles. The van der Waals surface area contributed by atoms with E-state index in [1.807, 2.05) is 66.2 Å². The number of pyridine rings is 3. The van der Waals surface area contributed by atoms with Gasteiger partial charge in [-0.3, -0.25) is 4.98 Å². The van der Waals surface area contributed by atoms with Crippen molar-refractivity contribution in [3.05, 3.63) is 101 Å². The van der Waals surface area contributed by atoms with Gasteiger partial charge < -0.3 is 9.97 Å². The van der Waals surface area contributed by atoms with Gasteiger partial charge in [-0.1, -0.05) is 45.0 Å². The van der Waals surface area contributed by atoms with Crippen molar-refractivity contribution in [1.29, 1.82) is 0 Å². The van der Waals surface area contributed by atoms with Crippen LogP contribution in [0.15, 0.2) is 73.2 Å². The fourth-order valence-corrected chi connectivity index (χ4v) is 5.69. The van der Waals surface area contributed by atoms with Crippen LogP contribution in [-0.2, 0) is 38.4 Å². The summed E-state index contributed by atoms with van der Waals surface area (Å²) in [6.45, 7) is 6.65. The Hall–Kier alpha value is -2.72. The minimum atomic E-state index is 0. The van der Waals surface area contributed by atoms with Crippen LogP contribution in [0.1, 0.15) is 49.6 Å². The van der Waals surface area contributed by atoms with Gasteiger partial charge in [0, 0.05) is 38.0 Å². The predicted octanol–water partition coefficient (Wildman–Crippen LogP) is 7.88. The van der Waals surface area contributed by atoms with Crippen molar-refractivity contribution in [2.24, 2.45) is 0 Å². The number of nitrogens with zero attached hydrogens (tertiary/aromatic N) is 3. The van der Waals surface area contributed by atoms with Gasteiger partial charge in [0.05, 0.1) is 0 Å². The number of aryl methyl sites for hydroxylation is 2. The second-order valence-electron chi connectivity index (χ2n) is 9.84. The molecule has 0 unspecified atom stereocenters. The molecule has 1 aliphatic carbocycles. The molecule has 4 aromatic heterocycles. The van der Waals surface area contributed by atoms with Crippen LogP contribution in [0.3, 0.4) is 0 Å². The normalized spacial score (nSPS) is 12.8. The summed E-state index contributed by atoms with van der Waals surface area (Å²) in [4.78, 5) is 15.1. The Morgan fingerprint density at radius 3 is 2.36 bits per heavy atom. The first kappa shape index (κ1) is 26.3. The first-order valence-electron chi connectivity index (χ1n) is 12.2. The van der Waals surface area contributed by atoms with Crippen LogP contribution in [0.4, 0.5) is 0 Å². The zero-order valence-electron chi connectivity index (χ0n) is 20.8. The van der Waals surface area contributed by atoms with Crippen LogP contribution >= 0.6 is 11.3 Å². The van der Waals surface area contributed by atoms with Gasteiger partial charge in [0.15, 0.2) is 0 Å². The van der Waals surface area contributed by atoms with Crippen molar-refractivity contribution in [3.63, 3.8) is 0 Å². The summed E-state index contributed by atoms with van der Waals surface area (Å²) in [5.74, 6) is 0. The summed E-state index contributed by atoms with van der Waals surface area (Å²) >= 11 is 1.90. The Morgan fingerprint density at radius 2 is 1.67 bits per heavy atom. The molecule has 0 bridgehead atoms. The molecule has 0 N–H and O–H groups in total. The van der Waals surface area contributed by atoms with E-state index in [-0.39, 0.29) is 25.5 Å². The summed E-state index contributed by atoms with van der Waals surface area (Å²) in [7, 11) is 0. The first-order chi connectivity index (χ1) is 17.0. The van der Waals surface area contributed by atoms with Crippen LogP contribution in [0.2, 0.25) is 0 Å². The van der Waals surface area contributed by atoms with E-state index in [2.05, 4.69) is 55.0 Å². The maximum absolute atomic E-state index is 4.72. The molecule has 0 saturated heterocycles. The van der Waals surface area contributed by atoms with Gasteiger partial charge in [-0.2, -0.15) is 6.07 Å². The Morgan fingerprint density at radius 1 is 0.833 bits per heavy atom. The van der Waals surface area contributed by atoms with E-state index in [4.69, 9.17) is 4.98 Å². The van der Waals surface area contributed by atoms with Crippen LogP contribution in [0.5, 0.6) is 0 Å². The van der Waals surface area contributed by atoms with Crippen molar-refractivity contribution in [2.75, 3.05) is 0 Å². The molecule has 0 fully saturated rings. The Kier molecular flexibility index (Phi) is 8.46. The minimum absolute atomic E-state index is 0. The number of benzene rings is 1. The molecule has 3 nitrogen and oxygen atoms in total. The number of hydrogen-bond donors (Lipinski definition) is 0. The topological polar surface area (TPSA) is 38.7 Å². The summed E-state index contributed by atoms with van der Waals surface area (Å²) < 4.78 is 1.26. The third kappa shape index (κ3) is 5.81. The summed E-state index contributed by atoms with van der Waals surface area (Å²) in [6, 6.07) is 24.5. The van der Waals surface area contributed by atoms with E-state index in [1.54, 1.807) is 6.20 Å². The number of rotatable bonds is 2. The largest absolute Gasteiger partial charge is 0.320 e. The summed E-state index contributed by atoms with van der Waals surface area (Å²) in [5, 5.41) is 0. The van der Waals surface area contributed by atoms with E-state index < -0.39 is 0 Å². The fraction of sp³-hybridized carbons (Fsp3) is 0.258. The fourth-order valence-electron chi connectivity index (χ4n) is 4.33. The van der Waals surface area contributed by atoms with Gasteiger partial charge in [-0.25, -0.2) is 11.3 Å². The van der Waals surface area contributed by atoms with Crippen molar-refractivity contribution >= 4 is 21.6 Å². The zero-order valence-corrected chi connectivity index (χ0v) is 24.1. The molecule has 5 heteroatoms. The van der Waals surface area contributed by atoms with Crippen molar-refractivity contribution in [3.8, 4) is 22.5 Å². The smallest absolute Gasteiger partial charge is 0.0285 e. The second-order valence-corrected chi connectivity index (χ2v) is 10.9. The molecule has 1 aliphatic rings. The maximum atomic E-state index is 4.72. The standard InChI is InChI=1S/C20H21N2S.C11H8N.Ir/c1-20(2,3)13-8-9-16(22-12-13)14-10-11-21-18-15-6-4-5-7-17(15)23-19(14)18;1-2-6-10(7-3-1)11-8-4-5-9-12-11;/h8-9,11-12H,4-7H2,1-3H3;1-6,8-9H;/q2*-1;. The van der Waals surface area contributed by atoms with E-state index >= 15 is 0 Å². The van der Waals surface area contributed by atoms with Crippen molar-refractivity contribution in [1.82, 2.24) is 15.0 Å². The van der Waals surface area contributed by atoms with Crippen LogP contribution < -0.4 is 0 Å². The first-order valence-corrected chi connectivity index (χ1v) is 13.0. The molecule has 185 valence electrons. The number of fused-ring (bicyclic) bond motifs is 3. The third-order valence-electron chi connectivity index (χ3n) is 6.31. The van der Waals surface area contributed by atoms with E-state index in [9.17, 15) is 0 Å². The third-order valence-corrected chi connectivity index (χ3v) is 7.61. The van der Waals surface area contributed by atoms with Gasteiger partial charge >= 0.3 is 0 Å². The molecule has 1 aromatic carbocycles. The van der Waals surface area contributed by atoms with Gasteiger partial charge in [0.1, 0.15) is 0 Å². The average molecular weight is 668 g/mol. The van der Waals surface area contributed by atoms with Crippen LogP contribution in [0, 0.1) is 12.1 Å². The van der Waals surface area contributed by atoms with E-state index in [0.29, 0.717) is 0 Å². The molecule has 0 aliphatic heterocycles. The molecule has 0 atom stereocenters. The Balaban J connectivity index is 0.000000198. The zero-order chi connectivity index (χ0) is 24.3. The van der Waals surface area contributed by atoms with Gasteiger partial charge in [0.25, 0.3) is 0 Å². The van der Waals surface area contributed by atoms with Gasteiger partial charge in [0.2, 0.25) is 0 Å². The minimum Gasteiger partial charge on any atom is -0.320 e. The maximum Gasteiger partial charge on any atom is 0.0285 e. The predicted molar refractivity (Wildman–Crippen MR) is 146 cm³/mol. The van der Waals surface area contributed by atoms with Crippen molar-refractivity contribution in [2.45, 2.75) is 51.9 Å². The quantitative estimate of drug-likeness (QED) is 0.180. The van der Waals surface area contributed by atoms with E-state index in [1.165, 1.54) is 51.9 Å². The molecule has 6 rings (SSSR count). The van der Waals surface area contributed by atoms with Gasteiger partial charge in [-0.05, 0) is 75.5 Å². The van der Waals surface area contributed by atoms with Gasteiger partial charge in [-0.15, -0.1) is 41.5 Å². The molecule has 5 aromatic rings. The molecule has 4 heterocycles. The number of thiophene rings is 1.